The number of carbonyl (C=O) groups is 1. The Hall–Kier alpha value is -2.21. The second kappa shape index (κ2) is 10.2. The molecule has 1 fully saturated rings. The third kappa shape index (κ3) is 5.91. The molecule has 162 valence electrons. The van der Waals surface area contributed by atoms with Crippen molar-refractivity contribution in [3.8, 4) is 0 Å². The molecule has 1 aliphatic heterocycles. The summed E-state index contributed by atoms with van der Waals surface area (Å²) < 4.78 is 0. The lowest BCUT2D eigenvalue weighted by Crippen LogP contribution is -2.61. The van der Waals surface area contributed by atoms with Crippen LogP contribution in [0.3, 0.4) is 0 Å². The van der Waals surface area contributed by atoms with E-state index in [9.17, 15) is 15.0 Å². The molecular formula is C25H34N2O3. The van der Waals surface area contributed by atoms with Crippen LogP contribution in [0.4, 0.5) is 0 Å². The van der Waals surface area contributed by atoms with Gasteiger partial charge in [0.25, 0.3) is 0 Å². The van der Waals surface area contributed by atoms with E-state index in [-0.39, 0.29) is 18.5 Å². The van der Waals surface area contributed by atoms with Gasteiger partial charge in [0.05, 0.1) is 0 Å². The van der Waals surface area contributed by atoms with Crippen molar-refractivity contribution in [3.05, 3.63) is 71.8 Å². The Kier molecular flexibility index (Phi) is 7.64. The minimum Gasteiger partial charge on any atom is -0.388 e. The predicted octanol–water partition coefficient (Wildman–Crippen LogP) is 2.85. The van der Waals surface area contributed by atoms with E-state index in [0.29, 0.717) is 38.9 Å². The molecule has 2 N–H and O–H groups in total. The van der Waals surface area contributed by atoms with E-state index in [4.69, 9.17) is 0 Å². The van der Waals surface area contributed by atoms with E-state index < -0.39 is 11.7 Å². The number of rotatable bonds is 8. The van der Waals surface area contributed by atoms with Crippen molar-refractivity contribution >= 4 is 5.91 Å². The molecule has 30 heavy (non-hydrogen) atoms. The SMILES string of the molecule is CC(C)N(Cc1ccccc1)C[C@@]1(O)CCN(C(=O)CCc2ccccc2)C[C@@H]1O. The van der Waals surface area contributed by atoms with Crippen molar-refractivity contribution in [3.63, 3.8) is 0 Å². The number of benzene rings is 2. The van der Waals surface area contributed by atoms with E-state index in [2.05, 4.69) is 30.9 Å². The van der Waals surface area contributed by atoms with Crippen LogP contribution in [0.1, 0.15) is 37.8 Å². The highest BCUT2D eigenvalue weighted by Crippen LogP contribution is 2.26. The van der Waals surface area contributed by atoms with Crippen molar-refractivity contribution in [2.45, 2.75) is 57.4 Å². The molecule has 5 nitrogen and oxygen atoms in total. The van der Waals surface area contributed by atoms with Crippen LogP contribution in [0.15, 0.2) is 60.7 Å². The van der Waals surface area contributed by atoms with Gasteiger partial charge in [-0.3, -0.25) is 9.69 Å². The molecule has 0 unspecified atom stereocenters. The molecule has 2 aromatic rings. The normalized spacial score (nSPS) is 21.9. The molecule has 1 amide bonds. The third-order valence-electron chi connectivity index (χ3n) is 6.09. The standard InChI is InChI=1S/C25H34N2O3/c1-20(2)27(17-22-11-7-4-8-12-22)19-25(30)15-16-26(18-23(25)28)24(29)14-13-21-9-5-3-6-10-21/h3-12,20,23,28,30H,13-19H2,1-2H3/t23-,25-/m0/s1. The number of nitrogens with zero attached hydrogens (tertiary/aromatic N) is 2. The number of piperidine rings is 1. The lowest BCUT2D eigenvalue weighted by Gasteiger charge is -2.45. The molecule has 5 heteroatoms. The minimum atomic E-state index is -1.21. The van der Waals surface area contributed by atoms with E-state index >= 15 is 0 Å². The second-order valence-electron chi connectivity index (χ2n) is 8.68. The Morgan fingerprint density at radius 2 is 1.70 bits per heavy atom. The zero-order chi connectivity index (χ0) is 21.6. The zero-order valence-electron chi connectivity index (χ0n) is 18.1. The van der Waals surface area contributed by atoms with Crippen molar-refractivity contribution in [1.82, 2.24) is 9.80 Å². The quantitative estimate of drug-likeness (QED) is 0.702. The van der Waals surface area contributed by atoms with E-state index in [1.54, 1.807) is 4.90 Å². The number of carbonyl (C=O) groups excluding carboxylic acids is 1. The first-order valence-electron chi connectivity index (χ1n) is 10.9. The van der Waals surface area contributed by atoms with E-state index in [1.165, 1.54) is 5.56 Å². The Morgan fingerprint density at radius 3 is 2.27 bits per heavy atom. The van der Waals surface area contributed by atoms with Crippen molar-refractivity contribution in [2.24, 2.45) is 0 Å². The van der Waals surface area contributed by atoms with Crippen LogP contribution in [-0.4, -0.2) is 63.3 Å². The number of amides is 1. The summed E-state index contributed by atoms with van der Waals surface area (Å²) in [7, 11) is 0. The topological polar surface area (TPSA) is 64.0 Å². The molecule has 2 aromatic carbocycles. The Morgan fingerprint density at radius 1 is 1.10 bits per heavy atom. The van der Waals surface area contributed by atoms with Gasteiger partial charge in [0.1, 0.15) is 11.7 Å². The first-order valence-corrected chi connectivity index (χ1v) is 10.9. The van der Waals surface area contributed by atoms with Gasteiger partial charge in [-0.05, 0) is 37.8 Å². The maximum Gasteiger partial charge on any atom is 0.222 e. The average Bonchev–Trinajstić information content (AvgIpc) is 2.75. The molecular weight excluding hydrogens is 376 g/mol. The Labute approximate surface area is 179 Å². The van der Waals surface area contributed by atoms with Gasteiger partial charge in [0, 0.05) is 38.6 Å². The molecule has 0 aliphatic carbocycles. The lowest BCUT2D eigenvalue weighted by atomic mass is 9.87. The van der Waals surface area contributed by atoms with Crippen LogP contribution in [0.25, 0.3) is 0 Å². The fourth-order valence-electron chi connectivity index (χ4n) is 4.02. The lowest BCUT2D eigenvalue weighted by molar-refractivity contribution is -0.155. The summed E-state index contributed by atoms with van der Waals surface area (Å²) >= 11 is 0. The number of aryl methyl sites for hydroxylation is 1. The Balaban J connectivity index is 1.56. The molecule has 2 atom stereocenters. The minimum absolute atomic E-state index is 0.0324. The summed E-state index contributed by atoms with van der Waals surface area (Å²) in [4.78, 5) is 16.5. The molecule has 1 aliphatic rings. The van der Waals surface area contributed by atoms with Crippen LogP contribution in [0, 0.1) is 0 Å². The maximum atomic E-state index is 12.6. The van der Waals surface area contributed by atoms with Crippen LogP contribution in [0.2, 0.25) is 0 Å². The zero-order valence-corrected chi connectivity index (χ0v) is 18.1. The van der Waals surface area contributed by atoms with E-state index in [0.717, 1.165) is 5.56 Å². The summed E-state index contributed by atoms with van der Waals surface area (Å²) in [6.07, 6.45) is 0.531. The third-order valence-corrected chi connectivity index (χ3v) is 6.09. The summed E-state index contributed by atoms with van der Waals surface area (Å²) in [6, 6.07) is 20.3. The maximum absolute atomic E-state index is 12.6. The number of likely N-dealkylation sites (tertiary alicyclic amines) is 1. The molecule has 0 radical (unpaired) electrons. The summed E-state index contributed by atoms with van der Waals surface area (Å²) in [5.41, 5.74) is 1.10. The summed E-state index contributed by atoms with van der Waals surface area (Å²) in [5, 5.41) is 22.0. The average molecular weight is 411 g/mol. The molecule has 1 heterocycles. The molecule has 0 spiro atoms. The summed E-state index contributed by atoms with van der Waals surface area (Å²) in [5.74, 6) is 0.0324. The molecule has 0 aromatic heterocycles. The van der Waals surface area contributed by atoms with Crippen molar-refractivity contribution < 1.29 is 15.0 Å². The van der Waals surface area contributed by atoms with E-state index in [1.807, 2.05) is 48.5 Å². The van der Waals surface area contributed by atoms with Crippen molar-refractivity contribution in [2.75, 3.05) is 19.6 Å². The molecule has 3 rings (SSSR count). The Bertz CT molecular complexity index is 797. The van der Waals surface area contributed by atoms with Gasteiger partial charge in [-0.1, -0.05) is 60.7 Å². The van der Waals surface area contributed by atoms with Crippen LogP contribution in [-0.2, 0) is 17.8 Å². The molecule has 0 saturated carbocycles. The second-order valence-corrected chi connectivity index (χ2v) is 8.68. The molecule has 0 bridgehead atoms. The van der Waals surface area contributed by atoms with Crippen LogP contribution < -0.4 is 0 Å². The van der Waals surface area contributed by atoms with Crippen molar-refractivity contribution in [1.29, 1.82) is 0 Å². The fourth-order valence-corrected chi connectivity index (χ4v) is 4.02. The monoisotopic (exact) mass is 410 g/mol. The van der Waals surface area contributed by atoms with Gasteiger partial charge >= 0.3 is 0 Å². The van der Waals surface area contributed by atoms with Gasteiger partial charge in [-0.2, -0.15) is 0 Å². The highest BCUT2D eigenvalue weighted by atomic mass is 16.3. The number of β-amino-alcohol motifs (C(OH)–C–C–N with tert-alkyl or cyclic N) is 1. The number of aliphatic hydroxyl groups is 2. The largest absolute Gasteiger partial charge is 0.388 e. The predicted molar refractivity (Wildman–Crippen MR) is 119 cm³/mol. The van der Waals surface area contributed by atoms with Gasteiger partial charge in [0.15, 0.2) is 0 Å². The first kappa shape index (κ1) is 22.5. The molecule has 1 saturated heterocycles. The van der Waals surface area contributed by atoms with Gasteiger partial charge < -0.3 is 15.1 Å². The van der Waals surface area contributed by atoms with Gasteiger partial charge in [-0.15, -0.1) is 0 Å². The number of hydrogen-bond donors (Lipinski definition) is 2. The number of aliphatic hydroxyl groups excluding tert-OH is 1. The van der Waals surface area contributed by atoms with Gasteiger partial charge in [-0.25, -0.2) is 0 Å². The number of hydrogen-bond acceptors (Lipinski definition) is 4. The van der Waals surface area contributed by atoms with Gasteiger partial charge in [0.2, 0.25) is 5.91 Å². The van der Waals surface area contributed by atoms with Crippen LogP contribution in [0.5, 0.6) is 0 Å². The fraction of sp³-hybridized carbons (Fsp3) is 0.480. The summed E-state index contributed by atoms with van der Waals surface area (Å²) in [6.45, 7) is 5.95. The highest BCUT2D eigenvalue weighted by molar-refractivity contribution is 5.76. The smallest absolute Gasteiger partial charge is 0.222 e. The highest BCUT2D eigenvalue weighted by Gasteiger charge is 2.43. The van der Waals surface area contributed by atoms with Crippen LogP contribution >= 0.6 is 0 Å². The first-order chi connectivity index (χ1) is 14.4.